The number of hydrogen-bond acceptors (Lipinski definition) is 2. The number of hydrogen-bond donors (Lipinski definition) is 0. The normalized spacial score (nSPS) is 11.1. The number of nitrogens with zero attached hydrogens (tertiary/aromatic N) is 3. The number of aryl methyl sites for hydroxylation is 2. The van der Waals surface area contributed by atoms with Crippen molar-refractivity contribution in [2.24, 2.45) is 0 Å². The van der Waals surface area contributed by atoms with E-state index in [2.05, 4.69) is 278 Å². The summed E-state index contributed by atoms with van der Waals surface area (Å²) in [5.74, 6) is 0. The van der Waals surface area contributed by atoms with Crippen LogP contribution in [-0.4, -0.2) is 9.78 Å². The van der Waals surface area contributed by atoms with Gasteiger partial charge in [-0.25, -0.2) is 4.68 Å². The lowest BCUT2D eigenvalue weighted by Gasteiger charge is -2.26. The average Bonchev–Trinajstić information content (AvgIpc) is 3.86. The van der Waals surface area contributed by atoms with Gasteiger partial charge in [-0.1, -0.05) is 217 Å². The molecule has 0 aliphatic carbocycles. The quantitative estimate of drug-likeness (QED) is 0.129. The summed E-state index contributed by atoms with van der Waals surface area (Å²) in [5.41, 5.74) is 22.8. The minimum absolute atomic E-state index is 0.941. The van der Waals surface area contributed by atoms with Crippen molar-refractivity contribution in [1.82, 2.24) is 9.78 Å². The van der Waals surface area contributed by atoms with E-state index in [1.807, 2.05) is 6.07 Å². The van der Waals surface area contributed by atoms with E-state index >= 15 is 0 Å². The zero-order valence-corrected chi connectivity index (χ0v) is 38.2. The topological polar surface area (TPSA) is 21.1 Å². The van der Waals surface area contributed by atoms with E-state index in [9.17, 15) is 0 Å². The lowest BCUT2D eigenvalue weighted by Crippen LogP contribution is -2.09. The summed E-state index contributed by atoms with van der Waals surface area (Å²) in [5, 5.41) is 5.14. The van der Waals surface area contributed by atoms with Crippen molar-refractivity contribution in [2.75, 3.05) is 4.90 Å². The van der Waals surface area contributed by atoms with Crippen molar-refractivity contribution >= 4 is 17.1 Å². The molecule has 3 nitrogen and oxygen atoms in total. The Hall–Kier alpha value is -8.79. The van der Waals surface area contributed by atoms with Crippen LogP contribution in [0.4, 0.5) is 17.1 Å². The van der Waals surface area contributed by atoms with Crippen LogP contribution < -0.4 is 4.90 Å². The summed E-state index contributed by atoms with van der Waals surface area (Å²) in [7, 11) is 0. The molecule has 11 rings (SSSR count). The first kappa shape index (κ1) is 41.9. The summed E-state index contributed by atoms with van der Waals surface area (Å²) < 4.78 is 2.06. The van der Waals surface area contributed by atoms with Gasteiger partial charge in [0, 0.05) is 28.2 Å². The highest BCUT2D eigenvalue weighted by Crippen LogP contribution is 2.42. The molecule has 10 aromatic carbocycles. The fourth-order valence-corrected chi connectivity index (χ4v) is 9.20. The minimum Gasteiger partial charge on any atom is -0.311 e. The van der Waals surface area contributed by atoms with Gasteiger partial charge in [0.25, 0.3) is 0 Å². The number of anilines is 3. The Morgan fingerprint density at radius 2 is 0.632 bits per heavy atom. The molecule has 3 heteroatoms. The predicted molar refractivity (Wildman–Crippen MR) is 286 cm³/mol. The molecule has 0 bridgehead atoms. The zero-order valence-electron chi connectivity index (χ0n) is 38.2. The van der Waals surface area contributed by atoms with Crippen molar-refractivity contribution in [3.05, 3.63) is 272 Å². The molecular weight excluding hydrogens is 823 g/mol. The third kappa shape index (κ3) is 8.57. The fourth-order valence-electron chi connectivity index (χ4n) is 9.20. The monoisotopic (exact) mass is 871 g/mol. The Morgan fingerprint density at radius 3 is 1.06 bits per heavy atom. The molecule has 0 aliphatic rings. The van der Waals surface area contributed by atoms with Crippen LogP contribution in [0.2, 0.25) is 0 Å². The molecule has 0 unspecified atom stereocenters. The van der Waals surface area contributed by atoms with Gasteiger partial charge in [0.1, 0.15) is 0 Å². The van der Waals surface area contributed by atoms with E-state index in [1.54, 1.807) is 0 Å². The third-order valence-electron chi connectivity index (χ3n) is 12.9. The molecule has 0 N–H and O–H groups in total. The molecule has 11 aromatic rings. The van der Waals surface area contributed by atoms with Gasteiger partial charge in [0.2, 0.25) is 0 Å². The Bertz CT molecular complexity index is 3360. The maximum absolute atomic E-state index is 5.14. The van der Waals surface area contributed by atoms with Gasteiger partial charge in [0.15, 0.2) is 0 Å². The van der Waals surface area contributed by atoms with Crippen LogP contribution in [0.5, 0.6) is 0 Å². The molecule has 324 valence electrons. The average molecular weight is 872 g/mol. The zero-order chi connectivity index (χ0) is 45.8. The molecule has 0 saturated carbocycles. The van der Waals surface area contributed by atoms with Crippen LogP contribution in [0.15, 0.2) is 261 Å². The van der Waals surface area contributed by atoms with Crippen LogP contribution in [0, 0.1) is 13.8 Å². The van der Waals surface area contributed by atoms with Crippen molar-refractivity contribution in [1.29, 1.82) is 0 Å². The molecular formula is C65H49N3. The number of aromatic nitrogens is 2. The molecule has 0 amide bonds. The Labute approximate surface area is 399 Å². The maximum Gasteiger partial charge on any atom is 0.0934 e. The molecule has 1 heterocycles. The summed E-state index contributed by atoms with van der Waals surface area (Å²) in [6, 6.07) is 93.7. The summed E-state index contributed by atoms with van der Waals surface area (Å²) in [4.78, 5) is 2.35. The first-order valence-corrected chi connectivity index (χ1v) is 23.3. The van der Waals surface area contributed by atoms with Gasteiger partial charge in [-0.05, 0) is 124 Å². The van der Waals surface area contributed by atoms with Crippen molar-refractivity contribution in [3.63, 3.8) is 0 Å². The van der Waals surface area contributed by atoms with Gasteiger partial charge >= 0.3 is 0 Å². The maximum atomic E-state index is 5.14. The molecule has 68 heavy (non-hydrogen) atoms. The minimum atomic E-state index is 0.941. The van der Waals surface area contributed by atoms with E-state index in [-0.39, 0.29) is 0 Å². The van der Waals surface area contributed by atoms with Gasteiger partial charge in [-0.3, -0.25) is 0 Å². The van der Waals surface area contributed by atoms with E-state index in [0.29, 0.717) is 0 Å². The van der Waals surface area contributed by atoms with Gasteiger partial charge in [-0.2, -0.15) is 5.10 Å². The second-order valence-electron chi connectivity index (χ2n) is 17.4. The largest absolute Gasteiger partial charge is 0.311 e. The van der Waals surface area contributed by atoms with Crippen LogP contribution in [0.25, 0.3) is 83.8 Å². The van der Waals surface area contributed by atoms with Gasteiger partial charge in [-0.15, -0.1) is 0 Å². The van der Waals surface area contributed by atoms with Crippen LogP contribution in [0.3, 0.4) is 0 Å². The second-order valence-corrected chi connectivity index (χ2v) is 17.4. The smallest absolute Gasteiger partial charge is 0.0934 e. The van der Waals surface area contributed by atoms with E-state index in [4.69, 9.17) is 5.10 Å². The molecule has 0 spiro atoms. The van der Waals surface area contributed by atoms with Crippen LogP contribution >= 0.6 is 0 Å². The summed E-state index contributed by atoms with van der Waals surface area (Å²) in [6.07, 6.45) is 0. The Balaban J connectivity index is 0.923. The molecule has 0 radical (unpaired) electrons. The summed E-state index contributed by atoms with van der Waals surface area (Å²) in [6.45, 7) is 4.26. The summed E-state index contributed by atoms with van der Waals surface area (Å²) >= 11 is 0. The molecule has 0 saturated heterocycles. The van der Waals surface area contributed by atoms with Crippen molar-refractivity contribution in [3.8, 4) is 83.8 Å². The molecule has 0 atom stereocenters. The standard InChI is InChI=1S/C65H49N3/c1-46-21-25-48(26-22-46)50-29-37-56(38-30-50)67(57-39-31-51(32-40-57)49-27-23-47(2)24-28-49)58-41-33-52(34-42-58)60-17-9-11-19-62(60)63-20-12-10-18-61(63)53-35-43-59(44-36-53)68-65(55-15-7-4-8-16-55)45-64(66-68)54-13-5-3-6-14-54/h3-45H,1-2H3. The van der Waals surface area contributed by atoms with Crippen LogP contribution in [-0.2, 0) is 0 Å². The van der Waals surface area contributed by atoms with E-state index in [0.717, 1.165) is 56.4 Å². The predicted octanol–water partition coefficient (Wildman–Crippen LogP) is 17.6. The first-order valence-electron chi connectivity index (χ1n) is 23.3. The first-order chi connectivity index (χ1) is 33.5. The SMILES string of the molecule is Cc1ccc(-c2ccc(N(c3ccc(-c4ccc(C)cc4)cc3)c3ccc(-c4ccccc4-c4ccccc4-c4ccc(-n5nc(-c6ccccc6)cc5-c5ccccc5)cc4)cc3)cc2)cc1. The highest BCUT2D eigenvalue weighted by Gasteiger charge is 2.18. The Kier molecular flexibility index (Phi) is 11.5. The lowest BCUT2D eigenvalue weighted by atomic mass is 9.89. The highest BCUT2D eigenvalue weighted by molar-refractivity contribution is 5.92. The second kappa shape index (κ2) is 18.6. The fraction of sp³-hybridized carbons (Fsp3) is 0.0308. The molecule has 1 aromatic heterocycles. The van der Waals surface area contributed by atoms with Crippen LogP contribution in [0.1, 0.15) is 11.1 Å². The third-order valence-corrected chi connectivity index (χ3v) is 12.9. The van der Waals surface area contributed by atoms with E-state index < -0.39 is 0 Å². The van der Waals surface area contributed by atoms with Crippen molar-refractivity contribution < 1.29 is 0 Å². The lowest BCUT2D eigenvalue weighted by molar-refractivity contribution is 0.892. The van der Waals surface area contributed by atoms with Gasteiger partial charge < -0.3 is 4.90 Å². The highest BCUT2D eigenvalue weighted by atomic mass is 15.3. The number of rotatable bonds is 11. The molecule has 0 aliphatic heterocycles. The van der Waals surface area contributed by atoms with E-state index in [1.165, 1.54) is 55.6 Å². The van der Waals surface area contributed by atoms with Gasteiger partial charge in [0.05, 0.1) is 17.1 Å². The Morgan fingerprint density at radius 1 is 0.294 bits per heavy atom. The van der Waals surface area contributed by atoms with Crippen molar-refractivity contribution in [2.45, 2.75) is 13.8 Å². The number of benzene rings is 10. The molecule has 0 fully saturated rings.